The van der Waals surface area contributed by atoms with Gasteiger partial charge in [0.1, 0.15) is 5.82 Å². The SMILES string of the molecule is CCC(C)(C)CNC(=O)c1cc(F)c([N+](=O)[O-])cc1F. The van der Waals surface area contributed by atoms with Crippen molar-refractivity contribution < 1.29 is 18.5 Å². The monoisotopic (exact) mass is 286 g/mol. The maximum atomic E-state index is 13.6. The molecular weight excluding hydrogens is 270 g/mol. The van der Waals surface area contributed by atoms with Crippen molar-refractivity contribution in [1.29, 1.82) is 0 Å². The van der Waals surface area contributed by atoms with Gasteiger partial charge in [0, 0.05) is 6.54 Å². The number of benzene rings is 1. The van der Waals surface area contributed by atoms with Gasteiger partial charge in [-0.25, -0.2) is 4.39 Å². The third-order valence-corrected chi connectivity index (χ3v) is 3.16. The smallest absolute Gasteiger partial charge is 0.307 e. The number of hydrogen-bond donors (Lipinski definition) is 1. The molecule has 1 N–H and O–H groups in total. The highest BCUT2D eigenvalue weighted by molar-refractivity contribution is 5.94. The Morgan fingerprint density at radius 3 is 2.45 bits per heavy atom. The number of carbonyl (C=O) groups is 1. The summed E-state index contributed by atoms with van der Waals surface area (Å²) in [4.78, 5) is 21.2. The van der Waals surface area contributed by atoms with Crippen LogP contribution in [0.25, 0.3) is 0 Å². The van der Waals surface area contributed by atoms with Crippen LogP contribution in [0.5, 0.6) is 0 Å². The Labute approximate surface area is 115 Å². The summed E-state index contributed by atoms with van der Waals surface area (Å²) in [7, 11) is 0. The van der Waals surface area contributed by atoms with E-state index >= 15 is 0 Å². The van der Waals surface area contributed by atoms with E-state index in [1.807, 2.05) is 20.8 Å². The molecule has 0 saturated carbocycles. The van der Waals surface area contributed by atoms with Crippen LogP contribution in [0.3, 0.4) is 0 Å². The van der Waals surface area contributed by atoms with E-state index in [0.29, 0.717) is 18.7 Å². The highest BCUT2D eigenvalue weighted by atomic mass is 19.1. The molecule has 0 spiro atoms. The van der Waals surface area contributed by atoms with Gasteiger partial charge in [0.25, 0.3) is 5.91 Å². The summed E-state index contributed by atoms with van der Waals surface area (Å²) in [5, 5.41) is 12.9. The molecule has 0 unspecified atom stereocenters. The normalized spacial score (nSPS) is 11.2. The third-order valence-electron chi connectivity index (χ3n) is 3.16. The van der Waals surface area contributed by atoms with Crippen LogP contribution in [0.2, 0.25) is 0 Å². The van der Waals surface area contributed by atoms with Gasteiger partial charge in [-0.2, -0.15) is 4.39 Å². The fourth-order valence-electron chi connectivity index (χ4n) is 1.39. The topological polar surface area (TPSA) is 72.2 Å². The molecule has 0 fully saturated rings. The van der Waals surface area contributed by atoms with E-state index in [4.69, 9.17) is 0 Å². The van der Waals surface area contributed by atoms with E-state index in [9.17, 15) is 23.7 Å². The largest absolute Gasteiger partial charge is 0.351 e. The highest BCUT2D eigenvalue weighted by Crippen LogP contribution is 2.22. The number of carbonyl (C=O) groups excluding carboxylic acids is 1. The number of nitro benzene ring substituents is 1. The molecule has 20 heavy (non-hydrogen) atoms. The fourth-order valence-corrected chi connectivity index (χ4v) is 1.39. The summed E-state index contributed by atoms with van der Waals surface area (Å²) >= 11 is 0. The second-order valence-electron chi connectivity index (χ2n) is 5.24. The molecule has 1 rings (SSSR count). The Morgan fingerprint density at radius 2 is 1.95 bits per heavy atom. The lowest BCUT2D eigenvalue weighted by Crippen LogP contribution is -2.34. The van der Waals surface area contributed by atoms with Gasteiger partial charge >= 0.3 is 5.69 Å². The summed E-state index contributed by atoms with van der Waals surface area (Å²) in [6.07, 6.45) is 0.796. The Kier molecular flexibility index (Phi) is 4.75. The first kappa shape index (κ1) is 16.0. The van der Waals surface area contributed by atoms with Crippen LogP contribution >= 0.6 is 0 Å². The zero-order chi connectivity index (χ0) is 15.5. The number of nitrogens with zero attached hydrogens (tertiary/aromatic N) is 1. The minimum absolute atomic E-state index is 0.175. The zero-order valence-electron chi connectivity index (χ0n) is 11.5. The van der Waals surface area contributed by atoms with Gasteiger partial charge in [-0.1, -0.05) is 20.8 Å². The predicted octanol–water partition coefficient (Wildman–Crippen LogP) is 3.04. The van der Waals surface area contributed by atoms with Crippen LogP contribution in [0.4, 0.5) is 14.5 Å². The number of nitrogens with one attached hydrogen (secondary N) is 1. The van der Waals surface area contributed by atoms with Crippen LogP contribution in [-0.4, -0.2) is 17.4 Å². The van der Waals surface area contributed by atoms with E-state index in [2.05, 4.69) is 5.32 Å². The molecule has 7 heteroatoms. The van der Waals surface area contributed by atoms with Crippen molar-refractivity contribution in [3.05, 3.63) is 39.4 Å². The molecule has 0 atom stereocenters. The van der Waals surface area contributed by atoms with Crippen molar-refractivity contribution in [2.45, 2.75) is 27.2 Å². The van der Waals surface area contributed by atoms with Gasteiger partial charge in [0.15, 0.2) is 0 Å². The molecule has 110 valence electrons. The molecule has 0 aromatic heterocycles. The summed E-state index contributed by atoms with van der Waals surface area (Å²) < 4.78 is 27.0. The van der Waals surface area contributed by atoms with Gasteiger partial charge in [-0.15, -0.1) is 0 Å². The molecule has 1 amide bonds. The molecule has 0 aliphatic carbocycles. The maximum Gasteiger partial charge on any atom is 0.307 e. The van der Waals surface area contributed by atoms with Crippen molar-refractivity contribution in [3.8, 4) is 0 Å². The number of rotatable bonds is 5. The predicted molar refractivity (Wildman–Crippen MR) is 69.4 cm³/mol. The molecule has 0 aliphatic rings. The van der Waals surface area contributed by atoms with Crippen LogP contribution < -0.4 is 5.32 Å². The number of halogens is 2. The van der Waals surface area contributed by atoms with Crippen molar-refractivity contribution >= 4 is 11.6 Å². The minimum atomic E-state index is -1.24. The Hall–Kier alpha value is -2.05. The zero-order valence-corrected chi connectivity index (χ0v) is 11.5. The molecular formula is C13H16F2N2O3. The highest BCUT2D eigenvalue weighted by Gasteiger charge is 2.23. The first-order valence-electron chi connectivity index (χ1n) is 6.09. The van der Waals surface area contributed by atoms with Crippen LogP contribution in [0.1, 0.15) is 37.6 Å². The van der Waals surface area contributed by atoms with E-state index in [0.717, 1.165) is 6.42 Å². The lowest BCUT2D eigenvalue weighted by molar-refractivity contribution is -0.387. The summed E-state index contributed by atoms with van der Waals surface area (Å²) in [5.74, 6) is -3.15. The number of hydrogen-bond acceptors (Lipinski definition) is 3. The Bertz CT molecular complexity index is 545. The van der Waals surface area contributed by atoms with E-state index in [1.54, 1.807) is 0 Å². The lowest BCUT2D eigenvalue weighted by Gasteiger charge is -2.22. The minimum Gasteiger partial charge on any atom is -0.351 e. The number of nitro groups is 1. The van der Waals surface area contributed by atoms with Gasteiger partial charge in [-0.05, 0) is 17.9 Å². The second-order valence-corrected chi connectivity index (χ2v) is 5.24. The van der Waals surface area contributed by atoms with Crippen molar-refractivity contribution in [3.63, 3.8) is 0 Å². The van der Waals surface area contributed by atoms with Gasteiger partial charge < -0.3 is 5.32 Å². The molecule has 0 radical (unpaired) electrons. The average molecular weight is 286 g/mol. The van der Waals surface area contributed by atoms with Crippen LogP contribution in [0.15, 0.2) is 12.1 Å². The summed E-state index contributed by atoms with van der Waals surface area (Å²) in [5.41, 5.74) is -1.71. The van der Waals surface area contributed by atoms with Crippen LogP contribution in [-0.2, 0) is 0 Å². The lowest BCUT2D eigenvalue weighted by atomic mass is 9.90. The van der Waals surface area contributed by atoms with Gasteiger partial charge in [-0.3, -0.25) is 14.9 Å². The van der Waals surface area contributed by atoms with Crippen LogP contribution in [0, 0.1) is 27.2 Å². The molecule has 1 aromatic carbocycles. The third kappa shape index (κ3) is 3.72. The first-order chi connectivity index (χ1) is 9.18. The quantitative estimate of drug-likeness (QED) is 0.668. The summed E-state index contributed by atoms with van der Waals surface area (Å²) in [6.45, 7) is 6.07. The molecule has 0 saturated heterocycles. The molecule has 0 heterocycles. The standard InChI is InChI=1S/C13H16F2N2O3/c1-4-13(2,3)7-16-12(18)8-5-10(15)11(17(19)20)6-9(8)14/h5-6H,4,7H2,1-3H3,(H,16,18). The summed E-state index contributed by atoms with van der Waals surface area (Å²) in [6, 6.07) is 0.955. The molecule has 0 bridgehead atoms. The first-order valence-corrected chi connectivity index (χ1v) is 6.09. The van der Waals surface area contributed by atoms with Crippen molar-refractivity contribution in [2.24, 2.45) is 5.41 Å². The molecule has 0 aliphatic heterocycles. The molecule has 1 aromatic rings. The second kappa shape index (κ2) is 5.94. The van der Waals surface area contributed by atoms with Gasteiger partial charge in [0.2, 0.25) is 5.82 Å². The number of amides is 1. The Balaban J connectivity index is 2.95. The maximum absolute atomic E-state index is 13.6. The van der Waals surface area contributed by atoms with E-state index in [-0.39, 0.29) is 5.41 Å². The van der Waals surface area contributed by atoms with Gasteiger partial charge in [0.05, 0.1) is 16.6 Å². The van der Waals surface area contributed by atoms with E-state index in [1.165, 1.54) is 0 Å². The van der Waals surface area contributed by atoms with E-state index < -0.39 is 33.7 Å². The molecule has 5 nitrogen and oxygen atoms in total. The fraction of sp³-hybridized carbons (Fsp3) is 0.462. The van der Waals surface area contributed by atoms with Crippen molar-refractivity contribution in [1.82, 2.24) is 5.32 Å². The van der Waals surface area contributed by atoms with Crippen molar-refractivity contribution in [2.75, 3.05) is 6.54 Å². The average Bonchev–Trinajstić information content (AvgIpc) is 2.38. The Morgan fingerprint density at radius 1 is 1.35 bits per heavy atom.